The molecule has 0 radical (unpaired) electrons. The Balaban J connectivity index is 2.20. The predicted molar refractivity (Wildman–Crippen MR) is 67.1 cm³/mol. The van der Waals surface area contributed by atoms with Crippen molar-refractivity contribution in [3.8, 4) is 0 Å². The van der Waals surface area contributed by atoms with E-state index in [1.165, 1.54) is 0 Å². The van der Waals surface area contributed by atoms with E-state index in [0.29, 0.717) is 25.9 Å². The third kappa shape index (κ3) is 5.30. The molecule has 0 aliphatic carbocycles. The van der Waals surface area contributed by atoms with Gasteiger partial charge in [-0.3, -0.25) is 0 Å². The van der Waals surface area contributed by atoms with E-state index in [1.54, 1.807) is 7.11 Å². The maximum atomic E-state index is 5.51. The minimum Gasteiger partial charge on any atom is -0.382 e. The molecule has 0 aliphatic rings. The van der Waals surface area contributed by atoms with E-state index in [2.05, 4.69) is 14.9 Å². The van der Waals surface area contributed by atoms with Crippen LogP contribution in [0.15, 0.2) is 12.4 Å². The van der Waals surface area contributed by atoms with Gasteiger partial charge in [0.1, 0.15) is 5.82 Å². The van der Waals surface area contributed by atoms with Crippen LogP contribution in [0.4, 0.5) is 0 Å². The molecule has 0 bridgehead atoms. The Morgan fingerprint density at radius 3 is 2.88 bits per heavy atom. The number of hydrogen-bond acceptors (Lipinski definition) is 4. The number of nitrogens with one attached hydrogen (secondary N) is 1. The quantitative estimate of drug-likeness (QED) is 0.643. The molecule has 1 rings (SSSR count). The van der Waals surface area contributed by atoms with E-state index in [9.17, 15) is 0 Å². The Bertz CT molecular complexity index is 302. The molecular formula is C12H23N3O2. The number of rotatable bonds is 9. The summed E-state index contributed by atoms with van der Waals surface area (Å²) in [4.78, 5) is 4.31. The topological polar surface area (TPSA) is 48.3 Å². The molecular weight excluding hydrogens is 218 g/mol. The Morgan fingerprint density at radius 2 is 2.29 bits per heavy atom. The molecule has 0 aliphatic heterocycles. The standard InChI is InChI=1S/C12H23N3O2/c1-13-11(10-17-9-8-16-3)4-5-12-14-6-7-15(12)2/h6-7,11,13H,4-5,8-10H2,1-3H3. The zero-order valence-corrected chi connectivity index (χ0v) is 11.0. The molecule has 0 saturated carbocycles. The van der Waals surface area contributed by atoms with E-state index in [1.807, 2.05) is 26.5 Å². The highest BCUT2D eigenvalue weighted by Crippen LogP contribution is 2.02. The maximum Gasteiger partial charge on any atom is 0.108 e. The number of hydrogen-bond donors (Lipinski definition) is 1. The minimum atomic E-state index is 0.364. The van der Waals surface area contributed by atoms with Crippen LogP contribution in [0.25, 0.3) is 0 Å². The second-order valence-corrected chi connectivity index (χ2v) is 4.05. The van der Waals surface area contributed by atoms with Crippen LogP contribution in [0.2, 0.25) is 0 Å². The van der Waals surface area contributed by atoms with Crippen molar-refractivity contribution >= 4 is 0 Å². The molecule has 1 unspecified atom stereocenters. The molecule has 1 heterocycles. The maximum absolute atomic E-state index is 5.51. The van der Waals surface area contributed by atoms with Gasteiger partial charge in [-0.1, -0.05) is 0 Å². The smallest absolute Gasteiger partial charge is 0.108 e. The molecule has 0 fully saturated rings. The van der Waals surface area contributed by atoms with Crippen molar-refractivity contribution in [1.82, 2.24) is 14.9 Å². The third-order valence-electron chi connectivity index (χ3n) is 2.80. The molecule has 0 saturated heterocycles. The fraction of sp³-hybridized carbons (Fsp3) is 0.750. The van der Waals surface area contributed by atoms with E-state index < -0.39 is 0 Å². The van der Waals surface area contributed by atoms with E-state index in [4.69, 9.17) is 9.47 Å². The average Bonchev–Trinajstić information content (AvgIpc) is 2.74. The summed E-state index contributed by atoms with van der Waals surface area (Å²) in [5.74, 6) is 1.11. The van der Waals surface area contributed by atoms with Crippen LogP contribution in [0.3, 0.4) is 0 Å². The van der Waals surface area contributed by atoms with Gasteiger partial charge in [-0.15, -0.1) is 0 Å². The highest BCUT2D eigenvalue weighted by Gasteiger charge is 2.08. The largest absolute Gasteiger partial charge is 0.382 e. The van der Waals surface area contributed by atoms with Crippen LogP contribution < -0.4 is 5.32 Å². The van der Waals surface area contributed by atoms with Gasteiger partial charge in [0.15, 0.2) is 0 Å². The summed E-state index contributed by atoms with van der Waals surface area (Å²) >= 11 is 0. The number of nitrogens with zero attached hydrogens (tertiary/aromatic N) is 2. The fourth-order valence-electron chi connectivity index (χ4n) is 1.62. The first-order valence-electron chi connectivity index (χ1n) is 5.98. The van der Waals surface area contributed by atoms with Gasteiger partial charge >= 0.3 is 0 Å². The minimum absolute atomic E-state index is 0.364. The van der Waals surface area contributed by atoms with Gasteiger partial charge in [0.25, 0.3) is 0 Å². The lowest BCUT2D eigenvalue weighted by molar-refractivity contribution is 0.0585. The molecule has 0 spiro atoms. The second kappa shape index (κ2) is 8.22. The van der Waals surface area contributed by atoms with Crippen LogP contribution >= 0.6 is 0 Å². The first kappa shape index (κ1) is 14.2. The van der Waals surface area contributed by atoms with Crippen LogP contribution in [-0.2, 0) is 22.9 Å². The van der Waals surface area contributed by atoms with Crippen molar-refractivity contribution in [2.45, 2.75) is 18.9 Å². The lowest BCUT2D eigenvalue weighted by atomic mass is 10.1. The monoisotopic (exact) mass is 241 g/mol. The summed E-state index contributed by atoms with van der Waals surface area (Å²) in [6.45, 7) is 2.01. The lowest BCUT2D eigenvalue weighted by Gasteiger charge is -2.16. The van der Waals surface area contributed by atoms with Crippen LogP contribution in [0, 0.1) is 0 Å². The van der Waals surface area contributed by atoms with Crippen molar-refractivity contribution in [3.63, 3.8) is 0 Å². The number of aryl methyl sites for hydroxylation is 2. The summed E-state index contributed by atoms with van der Waals surface area (Å²) in [5, 5.41) is 3.26. The molecule has 1 atom stereocenters. The Kier molecular flexibility index (Phi) is 6.84. The fourth-order valence-corrected chi connectivity index (χ4v) is 1.62. The molecule has 1 aromatic rings. The highest BCUT2D eigenvalue weighted by molar-refractivity contribution is 4.91. The summed E-state index contributed by atoms with van der Waals surface area (Å²) in [5.41, 5.74) is 0. The molecule has 0 aromatic carbocycles. The summed E-state index contributed by atoms with van der Waals surface area (Å²) in [6, 6.07) is 0.364. The van der Waals surface area contributed by atoms with Gasteiger partial charge < -0.3 is 19.4 Å². The second-order valence-electron chi connectivity index (χ2n) is 4.05. The molecule has 0 amide bonds. The molecule has 98 valence electrons. The summed E-state index contributed by atoms with van der Waals surface area (Å²) in [7, 11) is 5.66. The zero-order valence-electron chi connectivity index (χ0n) is 11.0. The third-order valence-corrected chi connectivity index (χ3v) is 2.80. The van der Waals surface area contributed by atoms with Gasteiger partial charge in [0, 0.05) is 39.0 Å². The Hall–Kier alpha value is -0.910. The molecule has 5 nitrogen and oxygen atoms in total. The van der Waals surface area contributed by atoms with Crippen molar-refractivity contribution in [3.05, 3.63) is 18.2 Å². The number of aromatic nitrogens is 2. The van der Waals surface area contributed by atoms with Crippen molar-refractivity contribution in [2.75, 3.05) is 34.0 Å². The van der Waals surface area contributed by atoms with Gasteiger partial charge in [-0.25, -0.2) is 4.98 Å². The Labute approximate surface area is 103 Å². The highest BCUT2D eigenvalue weighted by atomic mass is 16.5. The SMILES string of the molecule is CNC(CCc1nccn1C)COCCOC. The lowest BCUT2D eigenvalue weighted by Crippen LogP contribution is -2.31. The van der Waals surface area contributed by atoms with E-state index in [0.717, 1.165) is 18.7 Å². The number of methoxy groups -OCH3 is 1. The van der Waals surface area contributed by atoms with Gasteiger partial charge in [-0.05, 0) is 13.5 Å². The molecule has 5 heteroatoms. The molecule has 1 aromatic heterocycles. The van der Waals surface area contributed by atoms with E-state index >= 15 is 0 Å². The Morgan fingerprint density at radius 1 is 1.47 bits per heavy atom. The van der Waals surface area contributed by atoms with Crippen molar-refractivity contribution in [2.24, 2.45) is 7.05 Å². The number of ether oxygens (including phenoxy) is 2. The van der Waals surface area contributed by atoms with Crippen molar-refractivity contribution < 1.29 is 9.47 Å². The van der Waals surface area contributed by atoms with Crippen LogP contribution in [0.5, 0.6) is 0 Å². The van der Waals surface area contributed by atoms with Gasteiger partial charge in [0.2, 0.25) is 0 Å². The molecule has 1 N–H and O–H groups in total. The predicted octanol–water partition coefficient (Wildman–Crippen LogP) is 0.604. The first-order chi connectivity index (χ1) is 8.27. The van der Waals surface area contributed by atoms with Gasteiger partial charge in [0.05, 0.1) is 19.8 Å². The molecule has 17 heavy (non-hydrogen) atoms. The van der Waals surface area contributed by atoms with E-state index in [-0.39, 0.29) is 0 Å². The summed E-state index contributed by atoms with van der Waals surface area (Å²) < 4.78 is 12.5. The first-order valence-corrected chi connectivity index (χ1v) is 5.98. The van der Waals surface area contributed by atoms with Crippen molar-refractivity contribution in [1.29, 1.82) is 0 Å². The van der Waals surface area contributed by atoms with Crippen LogP contribution in [-0.4, -0.2) is 49.6 Å². The number of imidazole rings is 1. The normalized spacial score (nSPS) is 12.9. The zero-order chi connectivity index (χ0) is 12.5. The average molecular weight is 241 g/mol. The van der Waals surface area contributed by atoms with Gasteiger partial charge in [-0.2, -0.15) is 0 Å². The number of likely N-dealkylation sites (N-methyl/N-ethyl adjacent to an activating group) is 1. The summed E-state index contributed by atoms with van der Waals surface area (Å²) in [6.07, 6.45) is 5.79. The van der Waals surface area contributed by atoms with Crippen LogP contribution in [0.1, 0.15) is 12.2 Å².